The van der Waals surface area contributed by atoms with Gasteiger partial charge in [0.2, 0.25) is 8.32 Å². The molecule has 1 aromatic carbocycles. The number of allylic oxidation sites excluding steroid dienone is 3. The van der Waals surface area contributed by atoms with E-state index in [1.807, 2.05) is 30.4 Å². The van der Waals surface area contributed by atoms with Gasteiger partial charge < -0.3 is 4.43 Å². The van der Waals surface area contributed by atoms with Gasteiger partial charge in [0.15, 0.2) is 0 Å². The minimum atomic E-state index is -2.13. The molecule has 0 radical (unpaired) electrons. The van der Waals surface area contributed by atoms with Crippen molar-refractivity contribution < 1.29 is 9.22 Å². The van der Waals surface area contributed by atoms with Crippen LogP contribution in [0.1, 0.15) is 18.1 Å². The van der Waals surface area contributed by atoms with Crippen molar-refractivity contribution >= 4 is 14.6 Å². The van der Waals surface area contributed by atoms with Gasteiger partial charge in [-0.25, -0.2) is 0 Å². The number of rotatable bonds is 6. The van der Waals surface area contributed by atoms with Crippen LogP contribution in [0.25, 0.3) is 0 Å². The first kappa shape index (κ1) is 14.7. The molecular formula is C17H20O2Si. The maximum atomic E-state index is 10.9. The molecule has 1 fully saturated rings. The minimum absolute atomic E-state index is 0.0500. The third-order valence-electron chi connectivity index (χ3n) is 3.75. The molecule has 0 aliphatic carbocycles. The molecule has 3 heteroatoms. The molecule has 104 valence electrons. The molecule has 0 saturated carbocycles. The second-order valence-electron chi connectivity index (χ2n) is 5.03. The molecule has 1 atom stereocenters. The van der Waals surface area contributed by atoms with Crippen LogP contribution in [0.15, 0.2) is 66.9 Å². The summed E-state index contributed by atoms with van der Waals surface area (Å²) in [6, 6.07) is 11.8. The van der Waals surface area contributed by atoms with Crippen LogP contribution in [0.4, 0.5) is 0 Å². The number of hydrogen-bond donors (Lipinski definition) is 0. The molecule has 0 spiro atoms. The summed E-state index contributed by atoms with van der Waals surface area (Å²) in [6.45, 7) is 7.70. The van der Waals surface area contributed by atoms with E-state index in [0.717, 1.165) is 24.8 Å². The van der Waals surface area contributed by atoms with Crippen molar-refractivity contribution in [3.63, 3.8) is 0 Å². The third-order valence-corrected chi connectivity index (χ3v) is 7.92. The highest BCUT2D eigenvalue weighted by Crippen LogP contribution is 2.44. The van der Waals surface area contributed by atoms with Crippen LogP contribution in [0.2, 0.25) is 12.1 Å². The summed E-state index contributed by atoms with van der Waals surface area (Å²) in [5, 5.41) is 1.17. The van der Waals surface area contributed by atoms with Gasteiger partial charge in [0.05, 0.1) is 6.10 Å². The van der Waals surface area contributed by atoms with E-state index in [0.29, 0.717) is 0 Å². The fraction of sp³-hybridized carbons (Fsp3) is 0.235. The van der Waals surface area contributed by atoms with E-state index in [1.165, 1.54) is 10.8 Å². The Morgan fingerprint density at radius 1 is 1.20 bits per heavy atom. The predicted molar refractivity (Wildman–Crippen MR) is 84.8 cm³/mol. The van der Waals surface area contributed by atoms with Crippen LogP contribution in [0.3, 0.4) is 0 Å². The lowest BCUT2D eigenvalue weighted by atomic mass is 10.1. The molecule has 0 amide bonds. The molecule has 0 aromatic heterocycles. The zero-order chi connectivity index (χ0) is 14.4. The average Bonchev–Trinajstić information content (AvgIpc) is 2.80. The van der Waals surface area contributed by atoms with E-state index >= 15 is 0 Å². The Kier molecular flexibility index (Phi) is 4.87. The summed E-state index contributed by atoms with van der Waals surface area (Å²) in [7, 11) is -2.13. The lowest BCUT2D eigenvalue weighted by molar-refractivity contribution is -0.104. The van der Waals surface area contributed by atoms with Crippen molar-refractivity contribution in [2.45, 2.75) is 24.6 Å². The smallest absolute Gasteiger partial charge is 0.228 e. The molecule has 0 bridgehead atoms. The van der Waals surface area contributed by atoms with Gasteiger partial charge in [0.1, 0.15) is 6.29 Å². The number of carbonyl (C=O) groups is 1. The molecule has 20 heavy (non-hydrogen) atoms. The van der Waals surface area contributed by atoms with Gasteiger partial charge >= 0.3 is 0 Å². The van der Waals surface area contributed by atoms with Crippen molar-refractivity contribution in [1.82, 2.24) is 0 Å². The normalized spacial score (nSPS) is 22.6. The highest BCUT2D eigenvalue weighted by Gasteiger charge is 2.45. The third kappa shape index (κ3) is 2.89. The van der Waals surface area contributed by atoms with Gasteiger partial charge in [-0.1, -0.05) is 42.5 Å². The summed E-state index contributed by atoms with van der Waals surface area (Å²) in [4.78, 5) is 10.9. The summed E-state index contributed by atoms with van der Waals surface area (Å²) in [5.74, 6) is 0. The number of carbonyl (C=O) groups excluding carboxylic acids is 1. The molecule has 0 N–H and O–H groups in total. The first-order valence-corrected chi connectivity index (χ1v) is 9.17. The quantitative estimate of drug-likeness (QED) is 0.340. The molecule has 1 saturated heterocycles. The molecule has 1 unspecified atom stereocenters. The summed E-state index contributed by atoms with van der Waals surface area (Å²) in [6.07, 6.45) is 7.23. The maximum absolute atomic E-state index is 10.9. The van der Waals surface area contributed by atoms with Crippen LogP contribution in [-0.4, -0.2) is 14.6 Å². The fourth-order valence-electron chi connectivity index (χ4n) is 2.84. The number of hydrogen-bond acceptors (Lipinski definition) is 2. The number of benzene rings is 1. The van der Waals surface area contributed by atoms with Crippen molar-refractivity contribution in [2.24, 2.45) is 0 Å². The molecule has 2 nitrogen and oxygen atoms in total. The standard InChI is InChI=1S/C17H20O2Si/c1-3-12-20(13-4-2)16(10-11-18)14-17(19-20)15-8-6-5-7-9-15/h3-11,17H,1-2,12-14H2/b16-10-. The molecule has 1 heterocycles. The van der Waals surface area contributed by atoms with E-state index in [1.54, 1.807) is 6.08 Å². The van der Waals surface area contributed by atoms with Gasteiger partial charge in [-0.15, -0.1) is 13.2 Å². The lowest BCUT2D eigenvalue weighted by Gasteiger charge is -2.25. The van der Waals surface area contributed by atoms with Gasteiger partial charge in [0, 0.05) is 0 Å². The molecule has 1 aromatic rings. The Morgan fingerprint density at radius 2 is 1.85 bits per heavy atom. The van der Waals surface area contributed by atoms with E-state index in [4.69, 9.17) is 4.43 Å². The zero-order valence-corrected chi connectivity index (χ0v) is 12.6. The number of aldehydes is 1. The predicted octanol–water partition coefficient (Wildman–Crippen LogP) is 4.13. The van der Waals surface area contributed by atoms with Crippen LogP contribution in [0.5, 0.6) is 0 Å². The first-order chi connectivity index (χ1) is 9.75. The Bertz CT molecular complexity index is 509. The maximum Gasteiger partial charge on any atom is 0.228 e. The van der Waals surface area contributed by atoms with Crippen molar-refractivity contribution in [3.8, 4) is 0 Å². The molecule has 1 aliphatic heterocycles. The topological polar surface area (TPSA) is 26.3 Å². The molecular weight excluding hydrogens is 264 g/mol. The van der Waals surface area contributed by atoms with Gasteiger partial charge in [-0.2, -0.15) is 0 Å². The zero-order valence-electron chi connectivity index (χ0n) is 11.6. The summed E-state index contributed by atoms with van der Waals surface area (Å²) in [5.41, 5.74) is 1.17. The van der Waals surface area contributed by atoms with Crippen LogP contribution >= 0.6 is 0 Å². The highest BCUT2D eigenvalue weighted by atomic mass is 28.4. The Balaban J connectivity index is 2.35. The van der Waals surface area contributed by atoms with Crippen LogP contribution in [-0.2, 0) is 9.22 Å². The van der Waals surface area contributed by atoms with Gasteiger partial charge in [-0.3, -0.25) is 4.79 Å². The lowest BCUT2D eigenvalue weighted by Crippen LogP contribution is -2.35. The SMILES string of the molecule is C=CC[Si]1(CC=C)OC(c2ccccc2)C/C1=C/C=O. The van der Waals surface area contributed by atoms with Crippen LogP contribution < -0.4 is 0 Å². The van der Waals surface area contributed by atoms with E-state index < -0.39 is 8.32 Å². The fourth-order valence-corrected chi connectivity index (χ4v) is 6.50. The Hall–Kier alpha value is -1.71. The Labute approximate surface area is 121 Å². The van der Waals surface area contributed by atoms with Crippen LogP contribution in [0, 0.1) is 0 Å². The minimum Gasteiger partial charge on any atom is -0.405 e. The monoisotopic (exact) mass is 284 g/mol. The summed E-state index contributed by atoms with van der Waals surface area (Å²) >= 11 is 0. The molecule has 1 aliphatic rings. The van der Waals surface area contributed by atoms with Crippen molar-refractivity contribution in [1.29, 1.82) is 0 Å². The van der Waals surface area contributed by atoms with Crippen molar-refractivity contribution in [3.05, 3.63) is 72.5 Å². The van der Waals surface area contributed by atoms with Gasteiger partial charge in [0.25, 0.3) is 0 Å². The second-order valence-corrected chi connectivity index (χ2v) is 8.71. The van der Waals surface area contributed by atoms with E-state index in [2.05, 4.69) is 25.3 Å². The average molecular weight is 284 g/mol. The van der Waals surface area contributed by atoms with Crippen molar-refractivity contribution in [2.75, 3.05) is 0 Å². The largest absolute Gasteiger partial charge is 0.405 e. The van der Waals surface area contributed by atoms with E-state index in [9.17, 15) is 4.79 Å². The molecule has 2 rings (SSSR count). The summed E-state index contributed by atoms with van der Waals surface area (Å²) < 4.78 is 6.45. The van der Waals surface area contributed by atoms with E-state index in [-0.39, 0.29) is 6.10 Å². The second kappa shape index (κ2) is 6.64. The highest BCUT2D eigenvalue weighted by molar-refractivity contribution is 6.82. The van der Waals surface area contributed by atoms with Gasteiger partial charge in [-0.05, 0) is 35.3 Å². The first-order valence-electron chi connectivity index (χ1n) is 6.85. The Morgan fingerprint density at radius 3 is 2.40 bits per heavy atom.